The Morgan fingerprint density at radius 2 is 1.61 bits per heavy atom. The highest BCUT2D eigenvalue weighted by Crippen LogP contribution is 2.31. The first kappa shape index (κ1) is 23.1. The first-order valence-corrected chi connectivity index (χ1v) is 11.2. The van der Waals surface area contributed by atoms with E-state index in [1.54, 1.807) is 36.4 Å². The molecule has 2 aromatic carbocycles. The molecule has 1 aliphatic rings. The van der Waals surface area contributed by atoms with Gasteiger partial charge in [0.15, 0.2) is 0 Å². The number of carbonyl (C=O) groups excluding carboxylic acids is 1. The van der Waals surface area contributed by atoms with Crippen LogP contribution in [-0.2, 0) is 0 Å². The Morgan fingerprint density at radius 3 is 2.16 bits per heavy atom. The van der Waals surface area contributed by atoms with Crippen molar-refractivity contribution in [1.82, 2.24) is 4.90 Å². The summed E-state index contributed by atoms with van der Waals surface area (Å²) < 4.78 is 0. The third kappa shape index (κ3) is 7.27. The van der Waals surface area contributed by atoms with E-state index in [0.29, 0.717) is 28.7 Å². The molecular formula is C23H29N3O4S. The van der Waals surface area contributed by atoms with Gasteiger partial charge >= 0.3 is 6.09 Å². The summed E-state index contributed by atoms with van der Waals surface area (Å²) in [5, 5.41) is 24.5. The van der Waals surface area contributed by atoms with Crippen molar-refractivity contribution in [3.8, 4) is 0 Å². The van der Waals surface area contributed by atoms with Crippen molar-refractivity contribution < 1.29 is 19.8 Å². The van der Waals surface area contributed by atoms with E-state index < -0.39 is 11.7 Å². The van der Waals surface area contributed by atoms with Crippen LogP contribution in [0.15, 0.2) is 53.4 Å². The summed E-state index contributed by atoms with van der Waals surface area (Å²) in [6.45, 7) is 6.33. The molecule has 2 aromatic rings. The standard InChI is InChI=1S/C23H29N3O4S/c1-23(2,30)15-26-13-11-18(12-14-26)31-17-9-7-16(8-10-17)21(27)24-19-5-3-4-6-20(19)25-22(28)29/h3-10,18,25,30H,11-15H2,1-2H3,(H,24,27)(H,28,29). The van der Waals surface area contributed by atoms with Crippen LogP contribution in [0.2, 0.25) is 0 Å². The molecule has 2 amide bonds. The van der Waals surface area contributed by atoms with Crippen molar-refractivity contribution in [3.63, 3.8) is 0 Å². The number of amides is 2. The molecule has 0 aliphatic carbocycles. The van der Waals surface area contributed by atoms with Crippen molar-refractivity contribution in [2.45, 2.75) is 42.4 Å². The van der Waals surface area contributed by atoms with Gasteiger partial charge in [0.25, 0.3) is 5.91 Å². The predicted octanol–water partition coefficient (Wildman–Crippen LogP) is 4.36. The third-order valence-corrected chi connectivity index (χ3v) is 6.33. The molecule has 4 N–H and O–H groups in total. The molecule has 31 heavy (non-hydrogen) atoms. The summed E-state index contributed by atoms with van der Waals surface area (Å²) in [5.74, 6) is -0.295. The average molecular weight is 444 g/mol. The van der Waals surface area contributed by atoms with Gasteiger partial charge in [0.05, 0.1) is 17.0 Å². The maximum atomic E-state index is 12.6. The minimum absolute atomic E-state index is 0.295. The summed E-state index contributed by atoms with van der Waals surface area (Å²) in [7, 11) is 0. The van der Waals surface area contributed by atoms with Crippen LogP contribution in [-0.4, -0.2) is 57.6 Å². The highest BCUT2D eigenvalue weighted by atomic mass is 32.2. The summed E-state index contributed by atoms with van der Waals surface area (Å²) in [6.07, 6.45) is 0.946. The highest BCUT2D eigenvalue weighted by Gasteiger charge is 2.24. The lowest BCUT2D eigenvalue weighted by Crippen LogP contribution is -2.43. The van der Waals surface area contributed by atoms with Crippen molar-refractivity contribution >= 4 is 35.1 Å². The molecule has 0 bridgehead atoms. The summed E-state index contributed by atoms with van der Waals surface area (Å²) >= 11 is 1.82. The molecule has 0 spiro atoms. The van der Waals surface area contributed by atoms with Crippen LogP contribution in [0.3, 0.4) is 0 Å². The fourth-order valence-electron chi connectivity index (χ4n) is 3.62. The third-order valence-electron chi connectivity index (χ3n) is 4.98. The Labute approximate surface area is 186 Å². The topological polar surface area (TPSA) is 102 Å². The van der Waals surface area contributed by atoms with Crippen LogP contribution in [0.1, 0.15) is 37.0 Å². The minimum Gasteiger partial charge on any atom is -0.465 e. The average Bonchev–Trinajstić information content (AvgIpc) is 2.70. The lowest BCUT2D eigenvalue weighted by molar-refractivity contribution is 0.0307. The Bertz CT molecular complexity index is 904. The van der Waals surface area contributed by atoms with Crippen molar-refractivity contribution in [2.24, 2.45) is 0 Å². The molecule has 3 rings (SSSR count). The van der Waals surface area contributed by atoms with Gasteiger partial charge in [-0.25, -0.2) is 4.79 Å². The number of hydrogen-bond acceptors (Lipinski definition) is 5. The van der Waals surface area contributed by atoms with E-state index in [9.17, 15) is 14.7 Å². The number of rotatable bonds is 7. The van der Waals surface area contributed by atoms with Crippen molar-refractivity contribution in [1.29, 1.82) is 0 Å². The number of benzene rings is 2. The molecule has 8 heteroatoms. The molecule has 1 aliphatic heterocycles. The summed E-state index contributed by atoms with van der Waals surface area (Å²) in [4.78, 5) is 26.9. The zero-order valence-electron chi connectivity index (χ0n) is 17.8. The maximum absolute atomic E-state index is 12.6. The van der Waals surface area contributed by atoms with Crippen molar-refractivity contribution in [2.75, 3.05) is 30.3 Å². The number of aliphatic hydroxyl groups is 1. The zero-order valence-corrected chi connectivity index (χ0v) is 18.6. The van der Waals surface area contributed by atoms with Gasteiger partial charge in [-0.05, 0) is 76.2 Å². The molecule has 1 saturated heterocycles. The first-order chi connectivity index (χ1) is 14.7. The van der Waals surface area contributed by atoms with Gasteiger partial charge in [0.2, 0.25) is 0 Å². The van der Waals surface area contributed by atoms with Crippen LogP contribution >= 0.6 is 11.8 Å². The van der Waals surface area contributed by atoms with E-state index >= 15 is 0 Å². The van der Waals surface area contributed by atoms with Gasteiger partial charge < -0.3 is 20.4 Å². The number of β-amino-alcohol motifs (C(OH)–C–C–N with tert-alkyl or cyclic N) is 1. The summed E-state index contributed by atoms with van der Waals surface area (Å²) in [5.41, 5.74) is 0.577. The number of hydrogen-bond donors (Lipinski definition) is 4. The highest BCUT2D eigenvalue weighted by molar-refractivity contribution is 8.00. The monoisotopic (exact) mass is 443 g/mol. The van der Waals surface area contributed by atoms with E-state index in [1.807, 2.05) is 37.7 Å². The van der Waals surface area contributed by atoms with E-state index in [4.69, 9.17) is 5.11 Å². The van der Waals surface area contributed by atoms with E-state index in [1.165, 1.54) is 0 Å². The number of para-hydroxylation sites is 2. The second-order valence-electron chi connectivity index (χ2n) is 8.36. The van der Waals surface area contributed by atoms with E-state index in [2.05, 4.69) is 15.5 Å². The Hall–Kier alpha value is -2.55. The molecule has 0 unspecified atom stereocenters. The van der Waals surface area contributed by atoms with Crippen molar-refractivity contribution in [3.05, 3.63) is 54.1 Å². The van der Waals surface area contributed by atoms with Crippen LogP contribution in [0.4, 0.5) is 16.2 Å². The van der Waals surface area contributed by atoms with Gasteiger partial charge in [-0.15, -0.1) is 11.8 Å². The predicted molar refractivity (Wildman–Crippen MR) is 124 cm³/mol. The molecular weight excluding hydrogens is 414 g/mol. The number of piperidine rings is 1. The van der Waals surface area contributed by atoms with Gasteiger partial charge in [-0.2, -0.15) is 0 Å². The summed E-state index contributed by atoms with van der Waals surface area (Å²) in [6, 6.07) is 14.1. The van der Waals surface area contributed by atoms with Crippen LogP contribution < -0.4 is 10.6 Å². The Kier molecular flexibility index (Phi) is 7.59. The SMILES string of the molecule is CC(C)(O)CN1CCC(Sc2ccc(C(=O)Nc3ccccc3NC(=O)O)cc2)CC1. The zero-order chi connectivity index (χ0) is 22.4. The molecule has 7 nitrogen and oxygen atoms in total. The van der Waals surface area contributed by atoms with E-state index in [0.717, 1.165) is 30.8 Å². The molecule has 0 saturated carbocycles. The molecule has 1 heterocycles. The number of thioether (sulfide) groups is 1. The van der Waals surface area contributed by atoms with Crippen LogP contribution in [0, 0.1) is 0 Å². The number of likely N-dealkylation sites (tertiary alicyclic amines) is 1. The Morgan fingerprint density at radius 1 is 1.03 bits per heavy atom. The van der Waals surface area contributed by atoms with Gasteiger partial charge in [-0.1, -0.05) is 12.1 Å². The number of nitrogens with one attached hydrogen (secondary N) is 2. The van der Waals surface area contributed by atoms with Gasteiger partial charge in [-0.3, -0.25) is 10.1 Å². The molecule has 0 aromatic heterocycles. The second-order valence-corrected chi connectivity index (χ2v) is 9.73. The first-order valence-electron chi connectivity index (χ1n) is 10.3. The van der Waals surface area contributed by atoms with Crippen LogP contribution in [0.5, 0.6) is 0 Å². The number of carboxylic acid groups (broad SMARTS) is 1. The fraction of sp³-hybridized carbons (Fsp3) is 0.391. The number of nitrogens with zero attached hydrogens (tertiary/aromatic N) is 1. The fourth-order valence-corrected chi connectivity index (χ4v) is 4.75. The minimum atomic E-state index is -1.19. The van der Waals surface area contributed by atoms with E-state index in [-0.39, 0.29) is 5.91 Å². The normalized spacial score (nSPS) is 15.5. The lowest BCUT2D eigenvalue weighted by Gasteiger charge is -2.35. The number of anilines is 2. The largest absolute Gasteiger partial charge is 0.465 e. The Balaban J connectivity index is 1.54. The van der Waals surface area contributed by atoms with Gasteiger partial charge in [0.1, 0.15) is 0 Å². The lowest BCUT2D eigenvalue weighted by atomic mass is 10.1. The number of carbonyl (C=O) groups is 2. The molecule has 1 fully saturated rings. The maximum Gasteiger partial charge on any atom is 0.409 e. The van der Waals surface area contributed by atoms with Gasteiger partial charge in [0, 0.05) is 22.3 Å². The smallest absolute Gasteiger partial charge is 0.409 e. The molecule has 0 atom stereocenters. The molecule has 0 radical (unpaired) electrons. The molecule has 166 valence electrons. The quantitative estimate of drug-likeness (QED) is 0.507. The second kappa shape index (κ2) is 10.2. The van der Waals surface area contributed by atoms with Crippen LogP contribution in [0.25, 0.3) is 0 Å².